The zero-order valence-corrected chi connectivity index (χ0v) is 11.0. The van der Waals surface area contributed by atoms with Crippen LogP contribution in [0.4, 0.5) is 0 Å². The lowest BCUT2D eigenvalue weighted by molar-refractivity contribution is -0.131. The molecule has 1 amide bonds. The first kappa shape index (κ1) is 13.0. The maximum atomic E-state index is 11.7. The lowest BCUT2D eigenvalue weighted by Crippen LogP contribution is -2.33. The van der Waals surface area contributed by atoms with Crippen molar-refractivity contribution in [1.82, 2.24) is 4.90 Å². The molecule has 0 spiro atoms. The van der Waals surface area contributed by atoms with Gasteiger partial charge in [-0.25, -0.2) is 0 Å². The van der Waals surface area contributed by atoms with Crippen LogP contribution < -0.4 is 0 Å². The molecule has 0 saturated carbocycles. The van der Waals surface area contributed by atoms with Crippen molar-refractivity contribution in [3.63, 3.8) is 0 Å². The third kappa shape index (κ3) is 4.98. The van der Waals surface area contributed by atoms with Gasteiger partial charge in [0.2, 0.25) is 5.91 Å². The SMILES string of the molecule is CN(CC1CCCO1)C(=O)CCCCBr. The number of rotatable bonds is 6. The topological polar surface area (TPSA) is 29.5 Å². The number of alkyl halides is 1. The van der Waals surface area contributed by atoms with Crippen molar-refractivity contribution in [2.24, 2.45) is 0 Å². The molecule has 3 nitrogen and oxygen atoms in total. The summed E-state index contributed by atoms with van der Waals surface area (Å²) in [7, 11) is 1.87. The molecule has 0 aliphatic carbocycles. The number of ether oxygens (including phenoxy) is 1. The Bertz CT molecular complexity index is 193. The van der Waals surface area contributed by atoms with Crippen molar-refractivity contribution in [1.29, 1.82) is 0 Å². The minimum atomic E-state index is 0.242. The lowest BCUT2D eigenvalue weighted by Gasteiger charge is -2.20. The molecule has 1 atom stereocenters. The number of amides is 1. The second-order valence-electron chi connectivity index (χ2n) is 4.06. The highest BCUT2D eigenvalue weighted by molar-refractivity contribution is 9.09. The summed E-state index contributed by atoms with van der Waals surface area (Å²) in [6.45, 7) is 1.61. The molecule has 88 valence electrons. The summed E-state index contributed by atoms with van der Waals surface area (Å²) >= 11 is 3.36. The van der Waals surface area contributed by atoms with Crippen molar-refractivity contribution >= 4 is 21.8 Å². The van der Waals surface area contributed by atoms with Crippen molar-refractivity contribution in [2.45, 2.75) is 38.2 Å². The second-order valence-corrected chi connectivity index (χ2v) is 4.85. The molecule has 1 unspecified atom stereocenters. The molecule has 0 N–H and O–H groups in total. The van der Waals surface area contributed by atoms with Gasteiger partial charge in [-0.2, -0.15) is 0 Å². The van der Waals surface area contributed by atoms with Crippen LogP contribution in [0.25, 0.3) is 0 Å². The van der Waals surface area contributed by atoms with Crippen LogP contribution in [-0.4, -0.2) is 42.4 Å². The summed E-state index contributed by atoms with van der Waals surface area (Å²) in [5.74, 6) is 0.242. The van der Waals surface area contributed by atoms with Gasteiger partial charge in [0.25, 0.3) is 0 Å². The molecule has 0 aromatic heterocycles. The van der Waals surface area contributed by atoms with E-state index in [1.807, 2.05) is 11.9 Å². The Balaban J connectivity index is 2.14. The van der Waals surface area contributed by atoms with E-state index in [-0.39, 0.29) is 12.0 Å². The highest BCUT2D eigenvalue weighted by atomic mass is 79.9. The van der Waals surface area contributed by atoms with E-state index in [4.69, 9.17) is 4.74 Å². The van der Waals surface area contributed by atoms with Crippen LogP contribution in [0, 0.1) is 0 Å². The highest BCUT2D eigenvalue weighted by Gasteiger charge is 2.19. The monoisotopic (exact) mass is 277 g/mol. The predicted octanol–water partition coefficient (Wildman–Crippen LogP) is 2.19. The van der Waals surface area contributed by atoms with Crippen LogP contribution in [0.2, 0.25) is 0 Å². The minimum Gasteiger partial charge on any atom is -0.376 e. The smallest absolute Gasteiger partial charge is 0.222 e. The highest BCUT2D eigenvalue weighted by Crippen LogP contribution is 2.13. The molecule has 0 radical (unpaired) electrons. The molecular weight excluding hydrogens is 258 g/mol. The Morgan fingerprint density at radius 3 is 2.93 bits per heavy atom. The van der Waals surface area contributed by atoms with Crippen molar-refractivity contribution in [3.05, 3.63) is 0 Å². The predicted molar refractivity (Wildman–Crippen MR) is 64.3 cm³/mol. The van der Waals surface area contributed by atoms with Crippen LogP contribution in [0.5, 0.6) is 0 Å². The zero-order valence-electron chi connectivity index (χ0n) is 9.38. The number of unbranched alkanes of at least 4 members (excludes halogenated alkanes) is 1. The third-order valence-electron chi connectivity index (χ3n) is 2.70. The number of carbonyl (C=O) groups is 1. The summed E-state index contributed by atoms with van der Waals surface area (Å²) in [6, 6.07) is 0. The quantitative estimate of drug-likeness (QED) is 0.550. The standard InChI is InChI=1S/C11H20BrNO2/c1-13(9-10-5-4-8-15-10)11(14)6-2-3-7-12/h10H,2-9H2,1H3. The van der Waals surface area contributed by atoms with Gasteiger partial charge in [0.15, 0.2) is 0 Å². The normalized spacial score (nSPS) is 20.5. The van der Waals surface area contributed by atoms with Gasteiger partial charge in [-0.15, -0.1) is 0 Å². The fraction of sp³-hybridized carbons (Fsp3) is 0.909. The van der Waals surface area contributed by atoms with Gasteiger partial charge in [-0.3, -0.25) is 4.79 Å². The average molecular weight is 278 g/mol. The molecule has 4 heteroatoms. The minimum absolute atomic E-state index is 0.242. The van der Waals surface area contributed by atoms with E-state index in [0.717, 1.165) is 44.2 Å². The van der Waals surface area contributed by atoms with Gasteiger partial charge < -0.3 is 9.64 Å². The lowest BCUT2D eigenvalue weighted by atomic mass is 10.2. The Kier molecular flexibility index (Phi) is 6.25. The van der Waals surface area contributed by atoms with E-state index >= 15 is 0 Å². The van der Waals surface area contributed by atoms with Crippen LogP contribution in [0.1, 0.15) is 32.1 Å². The summed E-state index contributed by atoms with van der Waals surface area (Å²) in [5.41, 5.74) is 0. The van der Waals surface area contributed by atoms with E-state index in [2.05, 4.69) is 15.9 Å². The summed E-state index contributed by atoms with van der Waals surface area (Å²) < 4.78 is 5.50. The first-order chi connectivity index (χ1) is 7.24. The van der Waals surface area contributed by atoms with Crippen molar-refractivity contribution in [2.75, 3.05) is 25.5 Å². The Morgan fingerprint density at radius 2 is 2.33 bits per heavy atom. The van der Waals surface area contributed by atoms with Gasteiger partial charge in [0.05, 0.1) is 6.10 Å². The molecule has 1 saturated heterocycles. The Labute approximate surface area is 100 Å². The zero-order chi connectivity index (χ0) is 11.1. The third-order valence-corrected chi connectivity index (χ3v) is 3.26. The number of halogens is 1. The molecule has 15 heavy (non-hydrogen) atoms. The number of likely N-dealkylation sites (N-methyl/N-ethyl adjacent to an activating group) is 1. The van der Waals surface area contributed by atoms with Gasteiger partial charge >= 0.3 is 0 Å². The second kappa shape index (κ2) is 7.23. The van der Waals surface area contributed by atoms with Crippen LogP contribution in [0.15, 0.2) is 0 Å². The molecule has 0 aromatic rings. The fourth-order valence-electron chi connectivity index (χ4n) is 1.76. The summed E-state index contributed by atoms with van der Waals surface area (Å²) in [4.78, 5) is 13.5. The average Bonchev–Trinajstić information content (AvgIpc) is 2.70. The van der Waals surface area contributed by atoms with E-state index in [1.54, 1.807) is 0 Å². The molecule has 1 fully saturated rings. The fourth-order valence-corrected chi connectivity index (χ4v) is 2.15. The molecule has 0 aromatic carbocycles. The van der Waals surface area contributed by atoms with Crippen LogP contribution >= 0.6 is 15.9 Å². The number of hydrogen-bond donors (Lipinski definition) is 0. The van der Waals surface area contributed by atoms with E-state index in [9.17, 15) is 4.79 Å². The largest absolute Gasteiger partial charge is 0.376 e. The summed E-state index contributed by atoms with van der Waals surface area (Å²) in [6.07, 6.45) is 5.21. The Hall–Kier alpha value is -0.0900. The number of nitrogens with zero attached hydrogens (tertiary/aromatic N) is 1. The van der Waals surface area contributed by atoms with Crippen molar-refractivity contribution < 1.29 is 9.53 Å². The maximum Gasteiger partial charge on any atom is 0.222 e. The van der Waals surface area contributed by atoms with E-state index < -0.39 is 0 Å². The number of hydrogen-bond acceptors (Lipinski definition) is 2. The van der Waals surface area contributed by atoms with Gasteiger partial charge in [0.1, 0.15) is 0 Å². The van der Waals surface area contributed by atoms with Crippen LogP contribution in [0.3, 0.4) is 0 Å². The Morgan fingerprint density at radius 1 is 1.53 bits per heavy atom. The van der Waals surface area contributed by atoms with Gasteiger partial charge in [0, 0.05) is 32.0 Å². The first-order valence-corrected chi connectivity index (χ1v) is 6.77. The van der Waals surface area contributed by atoms with Gasteiger partial charge in [-0.1, -0.05) is 15.9 Å². The molecule has 1 rings (SSSR count). The molecule has 1 aliphatic rings. The van der Waals surface area contributed by atoms with Crippen molar-refractivity contribution in [3.8, 4) is 0 Å². The van der Waals surface area contributed by atoms with Crippen LogP contribution in [-0.2, 0) is 9.53 Å². The van der Waals surface area contributed by atoms with E-state index in [1.165, 1.54) is 0 Å². The maximum absolute atomic E-state index is 11.7. The molecule has 0 bridgehead atoms. The molecular formula is C11H20BrNO2. The van der Waals surface area contributed by atoms with E-state index in [0.29, 0.717) is 6.42 Å². The number of carbonyl (C=O) groups excluding carboxylic acids is 1. The first-order valence-electron chi connectivity index (χ1n) is 5.65. The molecule has 1 aliphatic heterocycles. The van der Waals surface area contributed by atoms with Gasteiger partial charge in [-0.05, 0) is 25.7 Å². The molecule has 1 heterocycles. The summed E-state index contributed by atoms with van der Waals surface area (Å²) in [5, 5.41) is 0.982.